The van der Waals surface area contributed by atoms with Gasteiger partial charge >= 0.3 is 0 Å². The van der Waals surface area contributed by atoms with E-state index in [9.17, 15) is 14.4 Å². The molecular formula is C38H36N2O5. The lowest BCUT2D eigenvalue weighted by Crippen LogP contribution is -2.45. The van der Waals surface area contributed by atoms with Gasteiger partial charge in [-0.1, -0.05) is 84.4 Å². The van der Waals surface area contributed by atoms with Crippen molar-refractivity contribution in [3.8, 4) is 11.1 Å². The molecule has 0 N–H and O–H groups in total. The number of hydrogen-bond donors (Lipinski definition) is 0. The number of aryl methyl sites for hydroxylation is 1. The number of benzene rings is 4. The molecule has 1 fully saturated rings. The minimum atomic E-state index is -0.269. The van der Waals surface area contributed by atoms with E-state index in [0.717, 1.165) is 35.1 Å². The highest BCUT2D eigenvalue weighted by Gasteiger charge is 2.28. The predicted molar refractivity (Wildman–Crippen MR) is 175 cm³/mol. The molecule has 1 aliphatic heterocycles. The molecule has 45 heavy (non-hydrogen) atoms. The molecule has 1 aliphatic rings. The van der Waals surface area contributed by atoms with Gasteiger partial charge in [-0.2, -0.15) is 0 Å². The van der Waals surface area contributed by atoms with Crippen LogP contribution in [0.1, 0.15) is 39.9 Å². The monoisotopic (exact) mass is 600 g/mol. The van der Waals surface area contributed by atoms with Crippen LogP contribution in [0, 0.1) is 6.92 Å². The van der Waals surface area contributed by atoms with Crippen LogP contribution in [0.2, 0.25) is 0 Å². The van der Waals surface area contributed by atoms with E-state index in [-0.39, 0.29) is 43.0 Å². The van der Waals surface area contributed by atoms with Crippen LogP contribution in [-0.4, -0.2) is 47.4 Å². The van der Waals surface area contributed by atoms with Crippen molar-refractivity contribution in [3.05, 3.63) is 142 Å². The molecular weight excluding hydrogens is 564 g/mol. The summed E-state index contributed by atoms with van der Waals surface area (Å²) in [5, 5.41) is 0.480. The average Bonchev–Trinajstić information content (AvgIpc) is 3.59. The number of carbonyl (C=O) groups is 2. The molecule has 4 aromatic carbocycles. The van der Waals surface area contributed by atoms with Crippen molar-refractivity contribution in [2.75, 3.05) is 19.7 Å². The third kappa shape index (κ3) is 7.21. The Hall–Kier alpha value is -5.01. The zero-order chi connectivity index (χ0) is 31.2. The topological polar surface area (TPSA) is 80.1 Å². The predicted octanol–water partition coefficient (Wildman–Crippen LogP) is 6.62. The van der Waals surface area contributed by atoms with Gasteiger partial charge in [-0.25, -0.2) is 0 Å². The van der Waals surface area contributed by atoms with Gasteiger partial charge in [0.05, 0.1) is 29.9 Å². The molecule has 7 heteroatoms. The van der Waals surface area contributed by atoms with Crippen LogP contribution < -0.4 is 5.43 Å². The Kier molecular flexibility index (Phi) is 9.17. The molecule has 0 aliphatic carbocycles. The number of carbonyl (C=O) groups excluding carboxylic acids is 2. The Morgan fingerprint density at radius 1 is 0.822 bits per heavy atom. The second-order valence-corrected chi connectivity index (χ2v) is 11.6. The fraction of sp³-hybridized carbons (Fsp3) is 0.237. The Morgan fingerprint density at radius 3 is 2.24 bits per heavy atom. The second kappa shape index (κ2) is 13.7. The third-order valence-corrected chi connectivity index (χ3v) is 8.23. The van der Waals surface area contributed by atoms with Crippen LogP contribution in [0.25, 0.3) is 22.1 Å². The van der Waals surface area contributed by atoms with Crippen LogP contribution in [0.15, 0.2) is 119 Å². The fourth-order valence-corrected chi connectivity index (χ4v) is 5.77. The molecule has 1 aromatic heterocycles. The summed E-state index contributed by atoms with van der Waals surface area (Å²) in [6, 6.07) is 32.6. The molecule has 0 spiro atoms. The number of ether oxygens (including phenoxy) is 1. The van der Waals surface area contributed by atoms with Gasteiger partial charge in [-0.3, -0.25) is 14.4 Å². The first-order valence-corrected chi connectivity index (χ1v) is 15.3. The smallest absolute Gasteiger partial charge is 0.254 e. The normalized spacial score (nSPS) is 14.4. The van der Waals surface area contributed by atoms with Crippen molar-refractivity contribution in [3.63, 3.8) is 0 Å². The fourth-order valence-electron chi connectivity index (χ4n) is 5.77. The van der Waals surface area contributed by atoms with Crippen LogP contribution in [0.4, 0.5) is 0 Å². The number of hydrogen-bond acceptors (Lipinski definition) is 5. The van der Waals surface area contributed by atoms with E-state index >= 15 is 0 Å². The maximum atomic E-state index is 14.1. The standard InChI is InChI=1S/C38H36N2O5/c1-27-14-19-35-34(21-27)37(42)32(26-45-35)23-39(22-28-9-4-2-5-10-28)36(41)25-40(24-33-13-8-20-44-33)38(43)31-17-15-30(16-18-31)29-11-6-3-7-12-29/h2-7,9-12,14-19,21,26,33H,8,13,20,22-25H2,1H3. The molecule has 1 unspecified atom stereocenters. The first-order valence-electron chi connectivity index (χ1n) is 15.3. The second-order valence-electron chi connectivity index (χ2n) is 11.6. The third-order valence-electron chi connectivity index (χ3n) is 8.23. The Labute approximate surface area is 262 Å². The van der Waals surface area contributed by atoms with E-state index in [1.807, 2.05) is 97.9 Å². The molecule has 6 rings (SSSR count). The van der Waals surface area contributed by atoms with E-state index in [1.165, 1.54) is 6.26 Å². The highest BCUT2D eigenvalue weighted by molar-refractivity contribution is 5.97. The summed E-state index contributed by atoms with van der Waals surface area (Å²) < 4.78 is 11.7. The first-order chi connectivity index (χ1) is 21.9. The average molecular weight is 601 g/mol. The summed E-state index contributed by atoms with van der Waals surface area (Å²) in [6.07, 6.45) is 3.05. The molecule has 7 nitrogen and oxygen atoms in total. The van der Waals surface area contributed by atoms with E-state index in [1.54, 1.807) is 21.9 Å². The summed E-state index contributed by atoms with van der Waals surface area (Å²) in [5.41, 5.74) is 5.15. The van der Waals surface area contributed by atoms with Crippen molar-refractivity contribution >= 4 is 22.8 Å². The first kappa shape index (κ1) is 30.0. The SMILES string of the molecule is Cc1ccc2occ(CN(Cc3ccccc3)C(=O)CN(CC3CCCO3)C(=O)c3ccc(-c4ccccc4)cc3)c(=O)c2c1. The highest BCUT2D eigenvalue weighted by atomic mass is 16.5. The van der Waals surface area contributed by atoms with Crippen molar-refractivity contribution < 1.29 is 18.7 Å². The molecule has 5 aromatic rings. The van der Waals surface area contributed by atoms with Gasteiger partial charge in [0.25, 0.3) is 5.91 Å². The van der Waals surface area contributed by atoms with Gasteiger partial charge in [0.2, 0.25) is 5.91 Å². The van der Waals surface area contributed by atoms with Crippen LogP contribution in [0.3, 0.4) is 0 Å². The minimum Gasteiger partial charge on any atom is -0.464 e. The number of amides is 2. The molecule has 1 atom stereocenters. The van der Waals surface area contributed by atoms with Crippen molar-refractivity contribution in [1.29, 1.82) is 0 Å². The van der Waals surface area contributed by atoms with Gasteiger partial charge in [0.1, 0.15) is 12.1 Å². The molecule has 0 radical (unpaired) electrons. The molecule has 1 saturated heterocycles. The summed E-state index contributed by atoms with van der Waals surface area (Å²) in [5.74, 6) is -0.506. The summed E-state index contributed by atoms with van der Waals surface area (Å²) in [4.78, 5) is 44.7. The number of fused-ring (bicyclic) bond motifs is 1. The van der Waals surface area contributed by atoms with E-state index < -0.39 is 0 Å². The lowest BCUT2D eigenvalue weighted by molar-refractivity contribution is -0.133. The van der Waals surface area contributed by atoms with Crippen LogP contribution in [-0.2, 0) is 22.6 Å². The Morgan fingerprint density at radius 2 is 1.53 bits per heavy atom. The summed E-state index contributed by atoms with van der Waals surface area (Å²) in [6.45, 7) is 3.05. The quantitative estimate of drug-likeness (QED) is 0.180. The maximum absolute atomic E-state index is 14.1. The zero-order valence-corrected chi connectivity index (χ0v) is 25.4. The maximum Gasteiger partial charge on any atom is 0.254 e. The summed E-state index contributed by atoms with van der Waals surface area (Å²) >= 11 is 0. The summed E-state index contributed by atoms with van der Waals surface area (Å²) in [7, 11) is 0. The van der Waals surface area contributed by atoms with E-state index in [0.29, 0.717) is 35.2 Å². The van der Waals surface area contributed by atoms with Crippen LogP contribution >= 0.6 is 0 Å². The lowest BCUT2D eigenvalue weighted by atomic mass is 10.0. The number of rotatable bonds is 10. The highest BCUT2D eigenvalue weighted by Crippen LogP contribution is 2.22. The lowest BCUT2D eigenvalue weighted by Gasteiger charge is -2.29. The zero-order valence-electron chi connectivity index (χ0n) is 25.4. The Balaban J connectivity index is 1.27. The minimum absolute atomic E-state index is 0.0493. The largest absolute Gasteiger partial charge is 0.464 e. The molecule has 228 valence electrons. The van der Waals surface area contributed by atoms with Gasteiger partial charge in [0, 0.05) is 25.3 Å². The van der Waals surface area contributed by atoms with Gasteiger partial charge in [-0.05, 0) is 60.7 Å². The van der Waals surface area contributed by atoms with Crippen molar-refractivity contribution in [2.45, 2.75) is 39.0 Å². The van der Waals surface area contributed by atoms with E-state index in [4.69, 9.17) is 9.15 Å². The van der Waals surface area contributed by atoms with E-state index in [2.05, 4.69) is 0 Å². The van der Waals surface area contributed by atoms with Gasteiger partial charge < -0.3 is 19.0 Å². The molecule has 0 bridgehead atoms. The molecule has 2 heterocycles. The van der Waals surface area contributed by atoms with Crippen molar-refractivity contribution in [2.24, 2.45) is 0 Å². The number of nitrogens with zero attached hydrogens (tertiary/aromatic N) is 2. The Bertz CT molecular complexity index is 1830. The van der Waals surface area contributed by atoms with Crippen molar-refractivity contribution in [1.82, 2.24) is 9.80 Å². The molecule has 2 amide bonds. The van der Waals surface area contributed by atoms with Gasteiger partial charge in [-0.15, -0.1) is 0 Å². The van der Waals surface area contributed by atoms with Gasteiger partial charge in [0.15, 0.2) is 5.43 Å². The molecule has 0 saturated carbocycles. The van der Waals surface area contributed by atoms with Crippen LogP contribution in [0.5, 0.6) is 0 Å².